The van der Waals surface area contributed by atoms with Crippen LogP contribution in [0.2, 0.25) is 0 Å². The minimum absolute atomic E-state index is 1.02. The van der Waals surface area contributed by atoms with Crippen molar-refractivity contribution >= 4 is 0 Å². The molecular formula is C17H26N2. The zero-order valence-electron chi connectivity index (χ0n) is 12.1. The second kappa shape index (κ2) is 7.88. The van der Waals surface area contributed by atoms with Crippen molar-refractivity contribution in [1.29, 1.82) is 0 Å². The molecule has 2 heteroatoms. The first-order valence-corrected chi connectivity index (χ1v) is 7.59. The quantitative estimate of drug-likeness (QED) is 0.645. The molecule has 0 aromatic heterocycles. The minimum Gasteiger partial charge on any atom is -0.359 e. The van der Waals surface area contributed by atoms with Crippen LogP contribution in [0.4, 0.5) is 0 Å². The number of unbranched alkanes of at least 4 members (excludes halogenated alkanes) is 4. The van der Waals surface area contributed by atoms with E-state index in [9.17, 15) is 0 Å². The molecule has 0 aliphatic carbocycles. The molecule has 1 aliphatic heterocycles. The van der Waals surface area contributed by atoms with E-state index in [-0.39, 0.29) is 0 Å². The average molecular weight is 258 g/mol. The van der Waals surface area contributed by atoms with E-state index in [4.69, 9.17) is 0 Å². The van der Waals surface area contributed by atoms with Crippen LogP contribution in [0.3, 0.4) is 0 Å². The van der Waals surface area contributed by atoms with Crippen LogP contribution in [0, 0.1) is 0 Å². The van der Waals surface area contributed by atoms with Crippen LogP contribution in [-0.4, -0.2) is 23.0 Å². The molecule has 0 radical (unpaired) electrons. The largest absolute Gasteiger partial charge is 0.359 e. The van der Waals surface area contributed by atoms with E-state index in [0.717, 1.165) is 13.2 Å². The normalized spacial score (nSPS) is 14.4. The van der Waals surface area contributed by atoms with Gasteiger partial charge in [0.05, 0.1) is 6.67 Å². The molecule has 1 aromatic rings. The maximum atomic E-state index is 2.43. The van der Waals surface area contributed by atoms with E-state index in [0.29, 0.717) is 0 Å². The molecular weight excluding hydrogens is 232 g/mol. The van der Waals surface area contributed by atoms with Crippen LogP contribution in [0.15, 0.2) is 42.7 Å². The van der Waals surface area contributed by atoms with Crippen molar-refractivity contribution in [3.8, 4) is 0 Å². The van der Waals surface area contributed by atoms with E-state index < -0.39 is 0 Å². The fourth-order valence-corrected chi connectivity index (χ4v) is 2.50. The van der Waals surface area contributed by atoms with E-state index in [1.807, 2.05) is 0 Å². The van der Waals surface area contributed by atoms with Crippen LogP contribution < -0.4 is 0 Å². The first-order chi connectivity index (χ1) is 9.38. The molecule has 1 aliphatic rings. The first-order valence-electron chi connectivity index (χ1n) is 7.59. The lowest BCUT2D eigenvalue weighted by atomic mass is 10.1. The molecule has 0 unspecified atom stereocenters. The van der Waals surface area contributed by atoms with Gasteiger partial charge in [-0.1, -0.05) is 62.9 Å². The maximum absolute atomic E-state index is 2.43. The molecule has 0 amide bonds. The Morgan fingerprint density at radius 1 is 0.895 bits per heavy atom. The van der Waals surface area contributed by atoms with E-state index in [1.165, 1.54) is 44.2 Å². The summed E-state index contributed by atoms with van der Waals surface area (Å²) in [5.41, 5.74) is 1.39. The van der Waals surface area contributed by atoms with Crippen LogP contribution >= 0.6 is 0 Å². The molecule has 0 spiro atoms. The summed E-state index contributed by atoms with van der Waals surface area (Å²) in [4.78, 5) is 4.80. The van der Waals surface area contributed by atoms with Crippen LogP contribution in [0.5, 0.6) is 0 Å². The topological polar surface area (TPSA) is 6.48 Å². The molecule has 0 bridgehead atoms. The third kappa shape index (κ3) is 4.98. The molecule has 0 saturated carbocycles. The molecule has 2 rings (SSSR count). The average Bonchev–Trinajstić information content (AvgIpc) is 2.87. The van der Waals surface area contributed by atoms with Gasteiger partial charge in [0.15, 0.2) is 0 Å². The minimum atomic E-state index is 1.02. The Bertz CT molecular complexity index is 372. The van der Waals surface area contributed by atoms with Crippen molar-refractivity contribution in [2.75, 3.05) is 13.2 Å². The number of benzene rings is 1. The standard InChI is InChI=1S/C17H26N2/c1-2-3-4-5-9-12-18-13-14-19(16-18)15-17-10-7-6-8-11-17/h6-8,10-11,13-14H,2-5,9,12,15-16H2,1H3. The van der Waals surface area contributed by atoms with Gasteiger partial charge in [0.1, 0.15) is 0 Å². The summed E-state index contributed by atoms with van der Waals surface area (Å²) in [6.07, 6.45) is 11.3. The molecule has 0 atom stereocenters. The zero-order chi connectivity index (χ0) is 13.3. The highest BCUT2D eigenvalue weighted by atomic mass is 15.3. The number of hydrogen-bond donors (Lipinski definition) is 0. The van der Waals surface area contributed by atoms with E-state index in [1.54, 1.807) is 0 Å². The number of hydrogen-bond acceptors (Lipinski definition) is 2. The Hall–Kier alpha value is -1.44. The van der Waals surface area contributed by atoms with Gasteiger partial charge in [0.2, 0.25) is 0 Å². The Morgan fingerprint density at radius 3 is 2.42 bits per heavy atom. The van der Waals surface area contributed by atoms with E-state index in [2.05, 4.69) is 59.5 Å². The van der Waals surface area contributed by atoms with Crippen LogP contribution in [-0.2, 0) is 6.54 Å². The summed E-state index contributed by atoms with van der Waals surface area (Å²) >= 11 is 0. The lowest BCUT2D eigenvalue weighted by Gasteiger charge is -2.21. The molecule has 0 N–H and O–H groups in total. The molecule has 19 heavy (non-hydrogen) atoms. The van der Waals surface area contributed by atoms with Crippen molar-refractivity contribution in [1.82, 2.24) is 9.80 Å². The second-order valence-electron chi connectivity index (χ2n) is 5.40. The molecule has 104 valence electrons. The molecule has 2 nitrogen and oxygen atoms in total. The second-order valence-corrected chi connectivity index (χ2v) is 5.40. The third-order valence-electron chi connectivity index (χ3n) is 3.63. The van der Waals surface area contributed by atoms with Crippen molar-refractivity contribution in [3.05, 3.63) is 48.3 Å². The Labute approximate surface area is 117 Å². The van der Waals surface area contributed by atoms with Gasteiger partial charge in [-0.3, -0.25) is 0 Å². The van der Waals surface area contributed by atoms with Gasteiger partial charge in [-0.05, 0) is 12.0 Å². The third-order valence-corrected chi connectivity index (χ3v) is 3.63. The summed E-state index contributed by atoms with van der Waals surface area (Å²) in [5.74, 6) is 0. The fraction of sp³-hybridized carbons (Fsp3) is 0.529. The smallest absolute Gasteiger partial charge is 0.0897 e. The fourth-order valence-electron chi connectivity index (χ4n) is 2.50. The van der Waals surface area contributed by atoms with Crippen molar-refractivity contribution in [2.24, 2.45) is 0 Å². The highest BCUT2D eigenvalue weighted by Crippen LogP contribution is 2.13. The number of rotatable bonds is 8. The van der Waals surface area contributed by atoms with Crippen molar-refractivity contribution < 1.29 is 0 Å². The summed E-state index contributed by atoms with van der Waals surface area (Å²) < 4.78 is 0. The highest BCUT2D eigenvalue weighted by Gasteiger charge is 2.11. The Morgan fingerprint density at radius 2 is 1.63 bits per heavy atom. The van der Waals surface area contributed by atoms with Gasteiger partial charge in [-0.2, -0.15) is 0 Å². The highest BCUT2D eigenvalue weighted by molar-refractivity contribution is 5.15. The van der Waals surface area contributed by atoms with Crippen LogP contribution in [0.25, 0.3) is 0 Å². The SMILES string of the molecule is CCCCCCCN1C=CN(Cc2ccccc2)C1. The zero-order valence-corrected chi connectivity index (χ0v) is 12.1. The number of nitrogens with zero attached hydrogens (tertiary/aromatic N) is 2. The molecule has 0 fully saturated rings. The summed E-state index contributed by atoms with van der Waals surface area (Å²) in [6.45, 7) is 5.53. The van der Waals surface area contributed by atoms with Crippen molar-refractivity contribution in [3.63, 3.8) is 0 Å². The predicted octanol–water partition coefficient (Wildman–Crippen LogP) is 4.20. The van der Waals surface area contributed by atoms with Gasteiger partial charge < -0.3 is 9.80 Å². The van der Waals surface area contributed by atoms with Crippen LogP contribution in [0.1, 0.15) is 44.6 Å². The van der Waals surface area contributed by atoms with Gasteiger partial charge in [0, 0.05) is 25.5 Å². The summed E-state index contributed by atoms with van der Waals surface area (Å²) in [6, 6.07) is 10.7. The summed E-state index contributed by atoms with van der Waals surface area (Å²) in [7, 11) is 0. The first kappa shape index (κ1) is 14.0. The Balaban J connectivity index is 1.62. The van der Waals surface area contributed by atoms with Gasteiger partial charge in [0.25, 0.3) is 0 Å². The maximum Gasteiger partial charge on any atom is 0.0897 e. The predicted molar refractivity (Wildman–Crippen MR) is 81.5 cm³/mol. The van der Waals surface area contributed by atoms with Gasteiger partial charge in [-0.25, -0.2) is 0 Å². The summed E-state index contributed by atoms with van der Waals surface area (Å²) in [5, 5.41) is 0. The Kier molecular flexibility index (Phi) is 5.80. The van der Waals surface area contributed by atoms with E-state index >= 15 is 0 Å². The lowest BCUT2D eigenvalue weighted by Crippen LogP contribution is -2.25. The monoisotopic (exact) mass is 258 g/mol. The van der Waals surface area contributed by atoms with Gasteiger partial charge >= 0.3 is 0 Å². The molecule has 1 aromatic carbocycles. The van der Waals surface area contributed by atoms with Crippen molar-refractivity contribution in [2.45, 2.75) is 45.6 Å². The molecule has 0 saturated heterocycles. The lowest BCUT2D eigenvalue weighted by molar-refractivity contribution is 0.256. The van der Waals surface area contributed by atoms with Gasteiger partial charge in [-0.15, -0.1) is 0 Å². The molecule has 1 heterocycles.